The van der Waals surface area contributed by atoms with Crippen LogP contribution < -0.4 is 16.0 Å². The van der Waals surface area contributed by atoms with Crippen LogP contribution in [0.3, 0.4) is 0 Å². The van der Waals surface area contributed by atoms with Gasteiger partial charge in [0.05, 0.1) is 0 Å². The molecule has 2 amide bonds. The van der Waals surface area contributed by atoms with Crippen molar-refractivity contribution in [2.24, 2.45) is 0 Å². The highest BCUT2D eigenvalue weighted by atomic mass is 16.6. The molecule has 0 aromatic heterocycles. The molecule has 1 aliphatic rings. The molecule has 6 heteroatoms. The first kappa shape index (κ1) is 19.7. The first-order valence-electron chi connectivity index (χ1n) is 8.28. The first-order valence-corrected chi connectivity index (χ1v) is 8.28. The third-order valence-corrected chi connectivity index (χ3v) is 3.66. The smallest absolute Gasteiger partial charge is 0.408 e. The number of alkyl carbamates (subject to hydrolysis) is 1. The van der Waals surface area contributed by atoms with Crippen LogP contribution in [0.2, 0.25) is 0 Å². The fourth-order valence-corrected chi connectivity index (χ4v) is 3.30. The Kier molecular flexibility index (Phi) is 5.73. The summed E-state index contributed by atoms with van der Waals surface area (Å²) in [4.78, 5) is 24.1. The van der Waals surface area contributed by atoms with Gasteiger partial charge in [0.15, 0.2) is 0 Å². The van der Waals surface area contributed by atoms with Crippen LogP contribution in [0.15, 0.2) is 0 Å². The first-order chi connectivity index (χ1) is 10.2. The number of rotatable bonds is 3. The number of amides is 2. The van der Waals surface area contributed by atoms with Gasteiger partial charge in [-0.05, 0) is 68.2 Å². The minimum atomic E-state index is -0.633. The molecule has 0 aromatic rings. The second-order valence-electron chi connectivity index (χ2n) is 8.87. The lowest BCUT2D eigenvalue weighted by atomic mass is 9.79. The number of hydrogen-bond donors (Lipinski definition) is 3. The van der Waals surface area contributed by atoms with Gasteiger partial charge in [0, 0.05) is 17.1 Å². The van der Waals surface area contributed by atoms with E-state index >= 15 is 0 Å². The van der Waals surface area contributed by atoms with E-state index in [4.69, 9.17) is 4.74 Å². The van der Waals surface area contributed by atoms with Gasteiger partial charge >= 0.3 is 6.09 Å². The fraction of sp³-hybridized carbons (Fsp3) is 0.882. The lowest BCUT2D eigenvalue weighted by Crippen LogP contribution is -2.63. The summed E-state index contributed by atoms with van der Waals surface area (Å²) in [6, 6.07) is -0.553. The molecule has 0 radical (unpaired) electrons. The molecule has 23 heavy (non-hydrogen) atoms. The number of piperidine rings is 1. The van der Waals surface area contributed by atoms with Crippen molar-refractivity contribution < 1.29 is 14.3 Å². The second kappa shape index (κ2) is 6.67. The summed E-state index contributed by atoms with van der Waals surface area (Å²) < 4.78 is 5.17. The monoisotopic (exact) mass is 327 g/mol. The van der Waals surface area contributed by atoms with E-state index in [-0.39, 0.29) is 23.0 Å². The van der Waals surface area contributed by atoms with Crippen molar-refractivity contribution in [3.63, 3.8) is 0 Å². The molecule has 1 saturated heterocycles. The highest BCUT2D eigenvalue weighted by molar-refractivity contribution is 5.85. The molecule has 0 saturated carbocycles. The lowest BCUT2D eigenvalue weighted by Gasteiger charge is -2.46. The Balaban J connectivity index is 2.56. The van der Waals surface area contributed by atoms with Crippen molar-refractivity contribution in [2.45, 2.75) is 97.0 Å². The normalized spacial score (nSPS) is 22.1. The molecule has 0 spiro atoms. The van der Waals surface area contributed by atoms with Crippen LogP contribution in [-0.2, 0) is 9.53 Å². The number of carbonyl (C=O) groups excluding carboxylic acids is 2. The molecule has 1 atom stereocenters. The van der Waals surface area contributed by atoms with E-state index in [1.807, 2.05) is 0 Å². The summed E-state index contributed by atoms with van der Waals surface area (Å²) in [6.45, 7) is 15.6. The Morgan fingerprint density at radius 2 is 1.61 bits per heavy atom. The largest absolute Gasteiger partial charge is 0.444 e. The fourth-order valence-electron chi connectivity index (χ4n) is 3.30. The maximum atomic E-state index is 12.3. The molecule has 0 aliphatic carbocycles. The second-order valence-corrected chi connectivity index (χ2v) is 8.87. The Hall–Kier alpha value is -1.30. The molecule has 1 heterocycles. The Labute approximate surface area is 140 Å². The summed E-state index contributed by atoms with van der Waals surface area (Å²) in [5.74, 6) is -0.186. The Morgan fingerprint density at radius 1 is 1.13 bits per heavy atom. The van der Waals surface area contributed by atoms with Crippen LogP contribution >= 0.6 is 0 Å². The standard InChI is InChI=1S/C17H33N3O3/c1-11(18-14(22)23-15(2,3)4)13(21)19-12-9-16(5,6)20-17(7,8)10-12/h11-12,20H,9-10H2,1-8H3,(H,18,22)(H,19,21). The molecule has 0 bridgehead atoms. The van der Waals surface area contributed by atoms with Crippen LogP contribution in [-0.4, -0.2) is 40.8 Å². The van der Waals surface area contributed by atoms with Gasteiger partial charge in [0.25, 0.3) is 0 Å². The van der Waals surface area contributed by atoms with E-state index in [0.29, 0.717) is 0 Å². The molecule has 1 aliphatic heterocycles. The molecule has 1 unspecified atom stereocenters. The molecule has 1 fully saturated rings. The van der Waals surface area contributed by atoms with Crippen LogP contribution in [0.5, 0.6) is 0 Å². The SMILES string of the molecule is CC(NC(=O)OC(C)(C)C)C(=O)NC1CC(C)(C)NC(C)(C)C1. The van der Waals surface area contributed by atoms with Gasteiger partial charge < -0.3 is 20.7 Å². The van der Waals surface area contributed by atoms with Crippen LogP contribution in [0, 0.1) is 0 Å². The van der Waals surface area contributed by atoms with Gasteiger partial charge in [-0.15, -0.1) is 0 Å². The van der Waals surface area contributed by atoms with Crippen molar-refractivity contribution in [1.29, 1.82) is 0 Å². The van der Waals surface area contributed by atoms with Crippen molar-refractivity contribution in [3.8, 4) is 0 Å². The van der Waals surface area contributed by atoms with E-state index in [1.54, 1.807) is 27.7 Å². The number of hydrogen-bond acceptors (Lipinski definition) is 4. The topological polar surface area (TPSA) is 79.5 Å². The minimum absolute atomic E-state index is 0.0402. The molecule has 0 aromatic carbocycles. The summed E-state index contributed by atoms with van der Waals surface area (Å²) in [5, 5.41) is 9.21. The van der Waals surface area contributed by atoms with Crippen molar-refractivity contribution in [1.82, 2.24) is 16.0 Å². The highest BCUT2D eigenvalue weighted by Crippen LogP contribution is 2.28. The lowest BCUT2D eigenvalue weighted by molar-refractivity contribution is -0.124. The van der Waals surface area contributed by atoms with E-state index in [2.05, 4.69) is 43.6 Å². The van der Waals surface area contributed by atoms with Crippen LogP contribution in [0.4, 0.5) is 4.79 Å². The molecule has 1 rings (SSSR count). The van der Waals surface area contributed by atoms with Gasteiger partial charge in [-0.3, -0.25) is 4.79 Å². The predicted octanol–water partition coefficient (Wildman–Crippen LogP) is 2.33. The highest BCUT2D eigenvalue weighted by Gasteiger charge is 2.38. The van der Waals surface area contributed by atoms with E-state index in [1.165, 1.54) is 0 Å². The van der Waals surface area contributed by atoms with Gasteiger partial charge in [0.1, 0.15) is 11.6 Å². The average molecular weight is 327 g/mol. The maximum absolute atomic E-state index is 12.3. The van der Waals surface area contributed by atoms with E-state index in [0.717, 1.165) is 12.8 Å². The number of nitrogens with one attached hydrogen (secondary N) is 3. The molecular formula is C17H33N3O3. The van der Waals surface area contributed by atoms with Crippen molar-refractivity contribution in [2.75, 3.05) is 0 Å². The van der Waals surface area contributed by atoms with E-state index < -0.39 is 17.7 Å². The summed E-state index contributed by atoms with van der Waals surface area (Å²) >= 11 is 0. The van der Waals surface area contributed by atoms with Gasteiger partial charge in [-0.2, -0.15) is 0 Å². The summed E-state index contributed by atoms with van der Waals surface area (Å²) in [5.41, 5.74) is -0.660. The van der Waals surface area contributed by atoms with Gasteiger partial charge in [-0.1, -0.05) is 0 Å². The Morgan fingerprint density at radius 3 is 2.04 bits per heavy atom. The maximum Gasteiger partial charge on any atom is 0.408 e. The zero-order chi connectivity index (χ0) is 18.1. The van der Waals surface area contributed by atoms with Crippen LogP contribution in [0.25, 0.3) is 0 Å². The van der Waals surface area contributed by atoms with Crippen molar-refractivity contribution >= 4 is 12.0 Å². The quantitative estimate of drug-likeness (QED) is 0.743. The van der Waals surface area contributed by atoms with E-state index in [9.17, 15) is 9.59 Å². The molecule has 3 N–H and O–H groups in total. The molecular weight excluding hydrogens is 294 g/mol. The predicted molar refractivity (Wildman–Crippen MR) is 91.3 cm³/mol. The summed E-state index contributed by atoms with van der Waals surface area (Å²) in [6.07, 6.45) is 1.12. The number of ether oxygens (including phenoxy) is 1. The van der Waals surface area contributed by atoms with Gasteiger partial charge in [-0.25, -0.2) is 4.79 Å². The zero-order valence-corrected chi connectivity index (χ0v) is 15.8. The van der Waals surface area contributed by atoms with Crippen LogP contribution in [0.1, 0.15) is 68.2 Å². The van der Waals surface area contributed by atoms with Gasteiger partial charge in [0.2, 0.25) is 5.91 Å². The molecule has 6 nitrogen and oxygen atoms in total. The molecule has 134 valence electrons. The zero-order valence-electron chi connectivity index (χ0n) is 15.8. The summed E-state index contributed by atoms with van der Waals surface area (Å²) in [7, 11) is 0. The third-order valence-electron chi connectivity index (χ3n) is 3.66. The minimum Gasteiger partial charge on any atom is -0.444 e. The average Bonchev–Trinajstić information content (AvgIpc) is 2.20. The number of carbonyl (C=O) groups is 2. The third kappa shape index (κ3) is 7.20. The van der Waals surface area contributed by atoms with Crippen molar-refractivity contribution in [3.05, 3.63) is 0 Å². The Bertz CT molecular complexity index is 436.